The fraction of sp³-hybridized carbons (Fsp3) is 0.176. The van der Waals surface area contributed by atoms with E-state index in [1.54, 1.807) is 18.2 Å². The minimum Gasteiger partial charge on any atom is -0.486 e. The molecule has 1 aliphatic rings. The van der Waals surface area contributed by atoms with Gasteiger partial charge < -0.3 is 14.8 Å². The first kappa shape index (κ1) is 16.3. The van der Waals surface area contributed by atoms with Gasteiger partial charge in [0.05, 0.1) is 21.6 Å². The number of rotatable bonds is 4. The number of fused-ring (bicyclic) bond motifs is 2. The highest BCUT2D eigenvalue weighted by molar-refractivity contribution is 7.22. The summed E-state index contributed by atoms with van der Waals surface area (Å²) in [4.78, 5) is 26.9. The molecule has 0 spiro atoms. The van der Waals surface area contributed by atoms with Gasteiger partial charge in [0.2, 0.25) is 5.91 Å². The first-order chi connectivity index (χ1) is 12.6. The maximum absolute atomic E-state index is 12.3. The molecular weight excluding hydrogens is 358 g/mol. The standard InChI is InChI=1S/C17H13N3O5S/c21-16(8-10-1-4-13-14(7-10)25-6-5-24-13)19-17-18-12-3-2-11(20(22)23)9-15(12)26-17/h1-4,7,9H,5-6,8H2,(H,18,19,21). The molecule has 4 rings (SSSR count). The third kappa shape index (κ3) is 3.29. The zero-order valence-corrected chi connectivity index (χ0v) is 14.2. The van der Waals surface area contributed by atoms with Crippen LogP contribution in [0.4, 0.5) is 10.8 Å². The van der Waals surface area contributed by atoms with E-state index in [0.29, 0.717) is 40.1 Å². The molecule has 132 valence electrons. The predicted octanol–water partition coefficient (Wildman–Crippen LogP) is 3.16. The zero-order valence-electron chi connectivity index (χ0n) is 13.4. The molecule has 1 N–H and O–H groups in total. The Balaban J connectivity index is 1.47. The third-order valence-electron chi connectivity index (χ3n) is 3.80. The lowest BCUT2D eigenvalue weighted by atomic mass is 10.1. The predicted molar refractivity (Wildman–Crippen MR) is 96.0 cm³/mol. The van der Waals surface area contributed by atoms with Crippen LogP contribution in [0.5, 0.6) is 11.5 Å². The Kier molecular flexibility index (Phi) is 4.13. The number of hydrogen-bond acceptors (Lipinski definition) is 7. The van der Waals surface area contributed by atoms with Gasteiger partial charge >= 0.3 is 0 Å². The van der Waals surface area contributed by atoms with E-state index in [2.05, 4.69) is 10.3 Å². The normalized spacial score (nSPS) is 12.8. The van der Waals surface area contributed by atoms with Crippen molar-refractivity contribution in [2.24, 2.45) is 0 Å². The molecule has 8 nitrogen and oxygen atoms in total. The Morgan fingerprint density at radius 3 is 2.81 bits per heavy atom. The van der Waals surface area contributed by atoms with Gasteiger partial charge in [0.15, 0.2) is 16.6 Å². The number of nitrogens with zero attached hydrogens (tertiary/aromatic N) is 2. The SMILES string of the molecule is O=C(Cc1ccc2c(c1)OCCO2)Nc1nc2ccc([N+](=O)[O-])cc2s1. The number of carbonyl (C=O) groups excluding carboxylic acids is 1. The number of hydrogen-bond donors (Lipinski definition) is 1. The molecule has 3 aromatic rings. The first-order valence-corrected chi connectivity index (χ1v) is 8.63. The monoisotopic (exact) mass is 371 g/mol. The molecule has 0 atom stereocenters. The second-order valence-electron chi connectivity index (χ2n) is 5.63. The Morgan fingerprint density at radius 2 is 2.00 bits per heavy atom. The van der Waals surface area contributed by atoms with Gasteiger partial charge in [-0.2, -0.15) is 0 Å². The van der Waals surface area contributed by atoms with Gasteiger partial charge in [-0.15, -0.1) is 0 Å². The molecule has 26 heavy (non-hydrogen) atoms. The second kappa shape index (κ2) is 6.60. The number of carbonyl (C=O) groups is 1. The van der Waals surface area contributed by atoms with Crippen LogP contribution >= 0.6 is 11.3 Å². The van der Waals surface area contributed by atoms with Crippen molar-refractivity contribution in [1.29, 1.82) is 0 Å². The van der Waals surface area contributed by atoms with Crippen LogP contribution in [0.2, 0.25) is 0 Å². The number of ether oxygens (including phenoxy) is 2. The zero-order chi connectivity index (χ0) is 18.1. The van der Waals surface area contributed by atoms with Crippen molar-refractivity contribution in [2.45, 2.75) is 6.42 Å². The van der Waals surface area contributed by atoms with E-state index in [1.165, 1.54) is 23.5 Å². The van der Waals surface area contributed by atoms with Crippen molar-refractivity contribution in [3.05, 3.63) is 52.1 Å². The molecular formula is C17H13N3O5S. The first-order valence-electron chi connectivity index (χ1n) is 7.82. The summed E-state index contributed by atoms with van der Waals surface area (Å²) in [6.07, 6.45) is 0.159. The molecule has 2 aromatic carbocycles. The van der Waals surface area contributed by atoms with E-state index in [9.17, 15) is 14.9 Å². The second-order valence-corrected chi connectivity index (χ2v) is 6.66. The summed E-state index contributed by atoms with van der Waals surface area (Å²) in [6, 6.07) is 9.80. The maximum atomic E-state index is 12.3. The molecule has 1 amide bonds. The van der Waals surface area contributed by atoms with Crippen LogP contribution in [0.15, 0.2) is 36.4 Å². The lowest BCUT2D eigenvalue weighted by Crippen LogP contribution is -2.17. The third-order valence-corrected chi connectivity index (χ3v) is 4.73. The quantitative estimate of drug-likeness (QED) is 0.558. The minimum absolute atomic E-state index is 0.00435. The molecule has 1 aromatic heterocycles. The van der Waals surface area contributed by atoms with E-state index in [0.717, 1.165) is 5.56 Å². The maximum Gasteiger partial charge on any atom is 0.270 e. The van der Waals surface area contributed by atoms with Crippen molar-refractivity contribution in [3.63, 3.8) is 0 Å². The number of thiazole rings is 1. The summed E-state index contributed by atoms with van der Waals surface area (Å²) < 4.78 is 11.6. The van der Waals surface area contributed by atoms with E-state index < -0.39 is 4.92 Å². The molecule has 0 saturated carbocycles. The Morgan fingerprint density at radius 1 is 1.19 bits per heavy atom. The number of nitro groups is 1. The summed E-state index contributed by atoms with van der Waals surface area (Å²) in [5, 5.41) is 14.0. The van der Waals surface area contributed by atoms with Gasteiger partial charge in [-0.25, -0.2) is 4.98 Å². The van der Waals surface area contributed by atoms with Crippen molar-refractivity contribution < 1.29 is 19.2 Å². The molecule has 0 fully saturated rings. The van der Waals surface area contributed by atoms with E-state index in [1.807, 2.05) is 6.07 Å². The fourth-order valence-corrected chi connectivity index (χ4v) is 3.54. The van der Waals surface area contributed by atoms with Crippen molar-refractivity contribution in [1.82, 2.24) is 4.98 Å². The molecule has 0 bridgehead atoms. The molecule has 0 unspecified atom stereocenters. The molecule has 0 aliphatic carbocycles. The Labute approximate surface area is 151 Å². The smallest absolute Gasteiger partial charge is 0.270 e. The summed E-state index contributed by atoms with van der Waals surface area (Å²) in [6.45, 7) is 1.00. The van der Waals surface area contributed by atoms with Gasteiger partial charge in [-0.05, 0) is 23.8 Å². The lowest BCUT2D eigenvalue weighted by Gasteiger charge is -2.18. The Bertz CT molecular complexity index is 1020. The molecule has 0 saturated heterocycles. The summed E-state index contributed by atoms with van der Waals surface area (Å²) >= 11 is 1.20. The van der Waals surface area contributed by atoms with Gasteiger partial charge in [0, 0.05) is 12.1 Å². The van der Waals surface area contributed by atoms with Crippen LogP contribution in [0.1, 0.15) is 5.56 Å². The molecule has 9 heteroatoms. The highest BCUT2D eigenvalue weighted by Gasteiger charge is 2.15. The summed E-state index contributed by atoms with van der Waals surface area (Å²) in [5.74, 6) is 1.08. The number of benzene rings is 2. The largest absolute Gasteiger partial charge is 0.486 e. The molecule has 2 heterocycles. The Hall–Kier alpha value is -3.20. The van der Waals surface area contributed by atoms with Gasteiger partial charge in [0.25, 0.3) is 5.69 Å². The lowest BCUT2D eigenvalue weighted by molar-refractivity contribution is -0.384. The van der Waals surface area contributed by atoms with Crippen molar-refractivity contribution in [3.8, 4) is 11.5 Å². The highest BCUT2D eigenvalue weighted by atomic mass is 32.1. The molecule has 0 radical (unpaired) electrons. The average Bonchev–Trinajstić information content (AvgIpc) is 3.02. The number of amides is 1. The van der Waals surface area contributed by atoms with Gasteiger partial charge in [0.1, 0.15) is 13.2 Å². The van der Waals surface area contributed by atoms with Crippen LogP contribution < -0.4 is 14.8 Å². The number of aromatic nitrogens is 1. The minimum atomic E-state index is -0.459. The number of anilines is 1. The van der Waals surface area contributed by atoms with Gasteiger partial charge in [-0.3, -0.25) is 14.9 Å². The van der Waals surface area contributed by atoms with E-state index in [4.69, 9.17) is 9.47 Å². The topological polar surface area (TPSA) is 104 Å². The number of non-ortho nitro benzene ring substituents is 1. The molecule has 1 aliphatic heterocycles. The fourth-order valence-electron chi connectivity index (χ4n) is 2.63. The van der Waals surface area contributed by atoms with Crippen LogP contribution in [0, 0.1) is 10.1 Å². The van der Waals surface area contributed by atoms with E-state index in [-0.39, 0.29) is 18.0 Å². The van der Waals surface area contributed by atoms with Crippen molar-refractivity contribution in [2.75, 3.05) is 18.5 Å². The summed E-state index contributed by atoms with van der Waals surface area (Å²) in [7, 11) is 0. The number of nitro benzene ring substituents is 1. The van der Waals surface area contributed by atoms with Crippen LogP contribution in [-0.2, 0) is 11.2 Å². The van der Waals surface area contributed by atoms with E-state index >= 15 is 0 Å². The van der Waals surface area contributed by atoms with Crippen LogP contribution in [0.25, 0.3) is 10.2 Å². The van der Waals surface area contributed by atoms with Crippen molar-refractivity contribution >= 4 is 38.3 Å². The summed E-state index contributed by atoms with van der Waals surface area (Å²) in [5.41, 5.74) is 1.40. The van der Waals surface area contributed by atoms with Crippen LogP contribution in [-0.4, -0.2) is 29.0 Å². The number of nitrogens with one attached hydrogen (secondary N) is 1. The average molecular weight is 371 g/mol. The van der Waals surface area contributed by atoms with Crippen LogP contribution in [0.3, 0.4) is 0 Å². The van der Waals surface area contributed by atoms with Gasteiger partial charge in [-0.1, -0.05) is 17.4 Å². The highest BCUT2D eigenvalue weighted by Crippen LogP contribution is 2.31.